The second-order valence-electron chi connectivity index (χ2n) is 10.4. The van der Waals surface area contributed by atoms with E-state index in [0.29, 0.717) is 38.7 Å². The molecule has 4 aromatic carbocycles. The van der Waals surface area contributed by atoms with Crippen molar-refractivity contribution in [1.82, 2.24) is 9.88 Å². The lowest BCUT2D eigenvalue weighted by Gasteiger charge is -2.20. The molecule has 0 bridgehead atoms. The molecule has 2 aromatic heterocycles. The number of amides is 1. The first-order valence-corrected chi connectivity index (χ1v) is 15.2. The van der Waals surface area contributed by atoms with Crippen molar-refractivity contribution >= 4 is 44.3 Å². The average Bonchev–Trinajstić information content (AvgIpc) is 3.40. The third kappa shape index (κ3) is 5.28. The number of nitrogens with one attached hydrogen (secondary N) is 1. The number of rotatable bonds is 7. The molecule has 0 aliphatic rings. The summed E-state index contributed by atoms with van der Waals surface area (Å²) in [6.07, 6.45) is 3.25. The van der Waals surface area contributed by atoms with Crippen molar-refractivity contribution in [2.45, 2.75) is 6.54 Å². The molecule has 0 fully saturated rings. The average molecular weight is 612 g/mol. The van der Waals surface area contributed by atoms with E-state index >= 15 is 0 Å². The summed E-state index contributed by atoms with van der Waals surface area (Å²) in [5.74, 6) is -0.894. The Morgan fingerprint density at radius 2 is 1.57 bits per heavy atom. The minimum Gasteiger partial charge on any atom is -0.455 e. The van der Waals surface area contributed by atoms with Crippen LogP contribution in [0.5, 0.6) is 0 Å². The molecule has 6 aromatic rings. The predicted molar refractivity (Wildman–Crippen MR) is 170 cm³/mol. The molecule has 1 atom stereocenters. The summed E-state index contributed by atoms with van der Waals surface area (Å²) < 4.78 is 49.1. The van der Waals surface area contributed by atoms with E-state index in [1.54, 1.807) is 58.7 Å². The molecule has 10 heteroatoms. The lowest BCUT2D eigenvalue weighted by Crippen LogP contribution is -2.20. The predicted octanol–water partition coefficient (Wildman–Crippen LogP) is 6.50. The summed E-state index contributed by atoms with van der Waals surface area (Å²) in [5, 5.41) is 4.36. The van der Waals surface area contributed by atoms with Gasteiger partial charge in [0.2, 0.25) is 0 Å². The molecule has 0 saturated carbocycles. The molecule has 44 heavy (non-hydrogen) atoms. The van der Waals surface area contributed by atoms with E-state index < -0.39 is 22.7 Å². The molecule has 0 aliphatic heterocycles. The molecule has 6 rings (SSSR count). The number of furan rings is 1. The summed E-state index contributed by atoms with van der Waals surface area (Å²) in [5.41, 5.74) is 3.56. The fourth-order valence-corrected chi connectivity index (χ4v) is 5.70. The number of nitrogens with zero attached hydrogens (tertiary/aromatic N) is 2. The normalized spacial score (nSPS) is 12.0. The first kappa shape index (κ1) is 29.0. The molecular weight excluding hydrogens is 584 g/mol. The van der Waals surface area contributed by atoms with Crippen molar-refractivity contribution in [3.05, 3.63) is 124 Å². The number of anilines is 1. The molecular formula is C34H27F2N3O4S. The standard InChI is InChI=1S/C34H27F2N3O4S/c1-37-33(40)31-28-17-26(29(38(2)44(3)42)18-30(28)43-32(31)22-8-12-25(36)13-9-22)23-7-6-21-14-15-39(34(41)27(21)16-23)19-20-4-10-24(35)11-5-20/h4-18H,19H2,1-3H3,(H,37,40). The maximum absolute atomic E-state index is 13.7. The zero-order chi connectivity index (χ0) is 31.1. The number of benzene rings is 4. The second kappa shape index (κ2) is 11.5. The fourth-order valence-electron chi connectivity index (χ4n) is 5.28. The van der Waals surface area contributed by atoms with Gasteiger partial charge in [0.25, 0.3) is 11.5 Å². The van der Waals surface area contributed by atoms with Crippen molar-refractivity contribution in [1.29, 1.82) is 0 Å². The molecule has 0 spiro atoms. The monoisotopic (exact) mass is 611 g/mol. The molecule has 2 heterocycles. The van der Waals surface area contributed by atoms with Crippen LogP contribution in [0.15, 0.2) is 100 Å². The van der Waals surface area contributed by atoms with Gasteiger partial charge < -0.3 is 14.3 Å². The third-order valence-corrected chi connectivity index (χ3v) is 8.62. The van der Waals surface area contributed by atoms with Crippen LogP contribution in [0.25, 0.3) is 44.2 Å². The highest BCUT2D eigenvalue weighted by molar-refractivity contribution is 7.85. The summed E-state index contributed by atoms with van der Waals surface area (Å²) >= 11 is 0. The Morgan fingerprint density at radius 1 is 0.909 bits per heavy atom. The maximum Gasteiger partial charge on any atom is 0.258 e. The molecule has 0 aliphatic carbocycles. The molecule has 1 N–H and O–H groups in total. The van der Waals surface area contributed by atoms with Gasteiger partial charge in [-0.25, -0.2) is 13.0 Å². The molecule has 1 unspecified atom stereocenters. The van der Waals surface area contributed by atoms with Crippen LogP contribution in [-0.2, 0) is 17.5 Å². The first-order chi connectivity index (χ1) is 21.1. The Labute approximate surface area is 253 Å². The molecule has 0 saturated heterocycles. The number of fused-ring (bicyclic) bond motifs is 2. The Kier molecular flexibility index (Phi) is 7.60. The van der Waals surface area contributed by atoms with E-state index in [1.807, 2.05) is 18.2 Å². The van der Waals surface area contributed by atoms with Crippen molar-refractivity contribution in [3.8, 4) is 22.5 Å². The van der Waals surface area contributed by atoms with Gasteiger partial charge in [0.1, 0.15) is 34.0 Å². The number of pyridine rings is 1. The lowest BCUT2D eigenvalue weighted by molar-refractivity contribution is 0.0964. The van der Waals surface area contributed by atoms with Crippen LogP contribution in [0, 0.1) is 11.6 Å². The highest BCUT2D eigenvalue weighted by atomic mass is 32.2. The van der Waals surface area contributed by atoms with Crippen molar-refractivity contribution in [3.63, 3.8) is 0 Å². The van der Waals surface area contributed by atoms with Gasteiger partial charge in [-0.15, -0.1) is 0 Å². The van der Waals surface area contributed by atoms with Crippen LogP contribution < -0.4 is 15.2 Å². The van der Waals surface area contributed by atoms with Gasteiger partial charge >= 0.3 is 0 Å². The van der Waals surface area contributed by atoms with Crippen molar-refractivity contribution < 1.29 is 22.2 Å². The van der Waals surface area contributed by atoms with Gasteiger partial charge in [0.15, 0.2) is 0 Å². The van der Waals surface area contributed by atoms with E-state index in [-0.39, 0.29) is 29.2 Å². The largest absolute Gasteiger partial charge is 0.455 e. The zero-order valence-electron chi connectivity index (χ0n) is 24.1. The van der Waals surface area contributed by atoms with Gasteiger partial charge in [-0.05, 0) is 71.1 Å². The lowest BCUT2D eigenvalue weighted by atomic mass is 9.97. The Hall–Kier alpha value is -5.09. The molecule has 222 valence electrons. The number of carbonyl (C=O) groups excluding carboxylic acids is 1. The van der Waals surface area contributed by atoms with E-state index in [1.165, 1.54) is 43.4 Å². The minimum atomic E-state index is -1.42. The Bertz CT molecular complexity index is 2140. The third-order valence-electron chi connectivity index (χ3n) is 7.65. The highest BCUT2D eigenvalue weighted by Crippen LogP contribution is 2.41. The van der Waals surface area contributed by atoms with Gasteiger partial charge in [-0.3, -0.25) is 13.9 Å². The van der Waals surface area contributed by atoms with Gasteiger partial charge in [-0.2, -0.15) is 0 Å². The Morgan fingerprint density at radius 3 is 2.23 bits per heavy atom. The minimum absolute atomic E-state index is 0.225. The smallest absolute Gasteiger partial charge is 0.258 e. The SMILES string of the molecule is CNC(=O)c1c(-c2ccc(F)cc2)oc2cc(N(C)S(C)=O)c(-c3ccc4ccn(Cc5ccc(F)cc5)c(=O)c4c3)cc12. The van der Waals surface area contributed by atoms with Crippen LogP contribution in [0.1, 0.15) is 15.9 Å². The Balaban J connectivity index is 1.56. The van der Waals surface area contributed by atoms with Gasteiger partial charge in [0.05, 0.1) is 17.8 Å². The van der Waals surface area contributed by atoms with Crippen molar-refractivity contribution in [2.75, 3.05) is 24.7 Å². The summed E-state index contributed by atoms with van der Waals surface area (Å²) in [6, 6.07) is 22.5. The number of halogens is 2. The van der Waals surface area contributed by atoms with Gasteiger partial charge in [-0.1, -0.05) is 24.3 Å². The van der Waals surface area contributed by atoms with Crippen LogP contribution in [-0.4, -0.2) is 35.0 Å². The van der Waals surface area contributed by atoms with E-state index in [0.717, 1.165) is 10.9 Å². The van der Waals surface area contributed by atoms with Crippen LogP contribution in [0.3, 0.4) is 0 Å². The summed E-state index contributed by atoms with van der Waals surface area (Å²) in [6.45, 7) is 0.269. The fraction of sp³-hybridized carbons (Fsp3) is 0.118. The van der Waals surface area contributed by atoms with E-state index in [2.05, 4.69) is 5.32 Å². The van der Waals surface area contributed by atoms with Gasteiger partial charge in [0, 0.05) is 54.5 Å². The maximum atomic E-state index is 13.7. The van der Waals surface area contributed by atoms with Crippen LogP contribution >= 0.6 is 0 Å². The summed E-state index contributed by atoms with van der Waals surface area (Å²) in [4.78, 5) is 26.8. The van der Waals surface area contributed by atoms with E-state index in [4.69, 9.17) is 4.42 Å². The molecule has 7 nitrogen and oxygen atoms in total. The molecule has 1 amide bonds. The topological polar surface area (TPSA) is 84.6 Å². The van der Waals surface area contributed by atoms with E-state index in [9.17, 15) is 22.6 Å². The highest BCUT2D eigenvalue weighted by Gasteiger charge is 2.25. The van der Waals surface area contributed by atoms with Crippen LogP contribution in [0.4, 0.5) is 14.5 Å². The van der Waals surface area contributed by atoms with Crippen LogP contribution in [0.2, 0.25) is 0 Å². The number of aromatic nitrogens is 1. The number of carbonyl (C=O) groups is 1. The summed E-state index contributed by atoms with van der Waals surface area (Å²) in [7, 11) is 1.78. The number of hydrogen-bond donors (Lipinski definition) is 1. The number of hydrogen-bond acceptors (Lipinski definition) is 4. The van der Waals surface area contributed by atoms with Crippen molar-refractivity contribution in [2.24, 2.45) is 0 Å². The second-order valence-corrected chi connectivity index (χ2v) is 11.8. The quantitative estimate of drug-likeness (QED) is 0.224. The zero-order valence-corrected chi connectivity index (χ0v) is 24.9. The molecule has 0 radical (unpaired) electrons. The first-order valence-electron chi connectivity index (χ1n) is 13.7.